The fourth-order valence-electron chi connectivity index (χ4n) is 4.20. The third kappa shape index (κ3) is 7.23. The van der Waals surface area contributed by atoms with Gasteiger partial charge in [-0.15, -0.1) is 11.3 Å². The summed E-state index contributed by atoms with van der Waals surface area (Å²) in [5.41, 5.74) is 4.47. The largest absolute Gasteiger partial charge is 0.383 e. The van der Waals surface area contributed by atoms with E-state index in [9.17, 15) is 0 Å². The summed E-state index contributed by atoms with van der Waals surface area (Å²) in [4.78, 5) is 8.67. The molecule has 198 valence electrons. The topological polar surface area (TPSA) is 56.1 Å². The van der Waals surface area contributed by atoms with Crippen LogP contribution in [0, 0.1) is 0 Å². The summed E-state index contributed by atoms with van der Waals surface area (Å²) >= 11 is 1.80. The Morgan fingerprint density at radius 1 is 0.833 bits per heavy atom. The molecule has 0 aromatic heterocycles. The molecule has 7 nitrogen and oxygen atoms in total. The molecule has 8 heteroatoms. The second-order valence-electron chi connectivity index (χ2n) is 9.90. The number of ether oxygens (including phenoxy) is 4. The van der Waals surface area contributed by atoms with Gasteiger partial charge in [-0.2, -0.15) is 0 Å². The van der Waals surface area contributed by atoms with E-state index in [2.05, 4.69) is 60.6 Å². The van der Waals surface area contributed by atoms with Crippen LogP contribution in [-0.4, -0.2) is 86.0 Å². The summed E-state index contributed by atoms with van der Waals surface area (Å²) in [6.45, 7) is 12.6. The second-order valence-corrected chi connectivity index (χ2v) is 11.0. The number of anilines is 1. The summed E-state index contributed by atoms with van der Waals surface area (Å²) in [7, 11) is 6.96. The molecule has 0 saturated carbocycles. The molecular weight excluding hydrogens is 474 g/mol. The molecule has 1 aromatic rings. The van der Waals surface area contributed by atoms with Gasteiger partial charge in [0.2, 0.25) is 5.36 Å². The lowest BCUT2D eigenvalue weighted by molar-refractivity contribution is 0.170. The maximum atomic E-state index is 5.39. The van der Waals surface area contributed by atoms with Crippen molar-refractivity contribution in [3.8, 4) is 10.6 Å². The predicted octanol–water partition coefficient (Wildman–Crippen LogP) is 3.86. The Morgan fingerprint density at radius 3 is 2.00 bits per heavy atom. The Balaban J connectivity index is 2.20. The lowest BCUT2D eigenvalue weighted by Gasteiger charge is -2.28. The monoisotopic (exact) mass is 516 g/mol. The van der Waals surface area contributed by atoms with Gasteiger partial charge in [-0.25, -0.2) is 9.56 Å². The first-order valence-corrected chi connectivity index (χ1v) is 13.3. The summed E-state index contributed by atoms with van der Waals surface area (Å²) in [6, 6.07) is 11.1. The molecule has 0 N–H and O–H groups in total. The SMILES string of the molecule is COCCN(CCOC)c1cc(C(C)(C)C)c2nc3ccc(=[N+](CCOC)CCOC)cc-3sc2c1. The van der Waals surface area contributed by atoms with Crippen molar-refractivity contribution < 1.29 is 18.9 Å². The number of benzene rings is 2. The highest BCUT2D eigenvalue weighted by Crippen LogP contribution is 2.38. The molecule has 0 bridgehead atoms. The molecule has 0 fully saturated rings. The average molecular weight is 517 g/mol. The van der Waals surface area contributed by atoms with E-state index in [4.69, 9.17) is 23.9 Å². The molecule has 0 atom stereocenters. The normalized spacial score (nSPS) is 12.0. The van der Waals surface area contributed by atoms with Gasteiger partial charge < -0.3 is 23.8 Å². The van der Waals surface area contributed by atoms with E-state index >= 15 is 0 Å². The molecule has 0 amide bonds. The molecule has 0 spiro atoms. The van der Waals surface area contributed by atoms with Crippen LogP contribution in [0.15, 0.2) is 30.3 Å². The van der Waals surface area contributed by atoms with Gasteiger partial charge >= 0.3 is 0 Å². The van der Waals surface area contributed by atoms with Gasteiger partial charge in [-0.05, 0) is 29.2 Å². The molecule has 3 rings (SSSR count). The highest BCUT2D eigenvalue weighted by Gasteiger charge is 2.23. The smallest absolute Gasteiger partial charge is 0.201 e. The minimum atomic E-state index is -0.0487. The standard InChI is InChI=1S/C28H42N3O4S/c1-28(2,3)23-18-22(31(12-16-34-6)13-17-35-7)20-26-27(23)29-24-9-8-21(19-25(24)36-26)30(10-14-32-4)11-15-33-5/h8-9,18-20H,10-17H2,1-7H3/q+1. The number of aromatic nitrogens is 1. The van der Waals surface area contributed by atoms with Crippen molar-refractivity contribution in [2.24, 2.45) is 0 Å². The highest BCUT2D eigenvalue weighted by atomic mass is 32.1. The zero-order chi connectivity index (χ0) is 26.1. The first-order valence-electron chi connectivity index (χ1n) is 12.5. The fourth-order valence-corrected chi connectivity index (χ4v) is 5.27. The van der Waals surface area contributed by atoms with Gasteiger partial charge in [0.15, 0.2) is 13.1 Å². The molecule has 36 heavy (non-hydrogen) atoms. The van der Waals surface area contributed by atoms with E-state index in [1.54, 1.807) is 39.8 Å². The number of rotatable bonds is 13. The number of fused-ring (bicyclic) bond motifs is 2. The number of hydrogen-bond acceptors (Lipinski definition) is 7. The zero-order valence-electron chi connectivity index (χ0n) is 22.9. The molecule has 1 aliphatic carbocycles. The number of methoxy groups -OCH3 is 4. The van der Waals surface area contributed by atoms with Gasteiger partial charge in [-0.1, -0.05) is 20.8 Å². The van der Waals surface area contributed by atoms with Crippen molar-refractivity contribution in [2.45, 2.75) is 26.2 Å². The summed E-state index contributed by atoms with van der Waals surface area (Å²) in [5, 5.41) is 1.16. The van der Waals surface area contributed by atoms with Crippen LogP contribution in [0.5, 0.6) is 0 Å². The van der Waals surface area contributed by atoms with Gasteiger partial charge in [0.25, 0.3) is 0 Å². The molecule has 2 aliphatic rings. The fraction of sp³-hybridized carbons (Fsp3) is 0.571. The van der Waals surface area contributed by atoms with Crippen LogP contribution in [-0.2, 0) is 24.4 Å². The van der Waals surface area contributed by atoms with Crippen molar-refractivity contribution in [2.75, 3.05) is 85.9 Å². The van der Waals surface area contributed by atoms with Gasteiger partial charge in [0.05, 0.1) is 34.0 Å². The molecule has 0 unspecified atom stereocenters. The van der Waals surface area contributed by atoms with E-state index in [1.165, 1.54) is 16.0 Å². The van der Waals surface area contributed by atoms with Crippen molar-refractivity contribution in [3.63, 3.8) is 0 Å². The van der Waals surface area contributed by atoms with E-state index in [1.807, 2.05) is 0 Å². The third-order valence-electron chi connectivity index (χ3n) is 6.25. The van der Waals surface area contributed by atoms with Crippen LogP contribution in [0.4, 0.5) is 5.69 Å². The Kier molecular flexibility index (Phi) is 10.6. The summed E-state index contributed by atoms with van der Waals surface area (Å²) in [6.07, 6.45) is 0. The average Bonchev–Trinajstić information content (AvgIpc) is 2.86. The predicted molar refractivity (Wildman–Crippen MR) is 150 cm³/mol. The third-order valence-corrected chi connectivity index (χ3v) is 7.33. The van der Waals surface area contributed by atoms with E-state index < -0.39 is 0 Å². The Bertz CT molecular complexity index is 1140. The van der Waals surface area contributed by atoms with Crippen LogP contribution in [0.2, 0.25) is 0 Å². The lowest BCUT2D eigenvalue weighted by atomic mass is 9.86. The Morgan fingerprint density at radius 2 is 1.44 bits per heavy atom. The molecule has 1 heterocycles. The van der Waals surface area contributed by atoms with Crippen molar-refractivity contribution in [3.05, 3.63) is 41.3 Å². The molecule has 0 radical (unpaired) electrons. The number of nitrogens with zero attached hydrogens (tertiary/aromatic N) is 3. The molecule has 1 aromatic carbocycles. The van der Waals surface area contributed by atoms with Crippen LogP contribution in [0.1, 0.15) is 26.3 Å². The van der Waals surface area contributed by atoms with Crippen LogP contribution in [0.25, 0.3) is 20.8 Å². The van der Waals surface area contributed by atoms with Gasteiger partial charge in [0.1, 0.15) is 13.2 Å². The maximum Gasteiger partial charge on any atom is 0.201 e. The minimum Gasteiger partial charge on any atom is -0.383 e. The van der Waals surface area contributed by atoms with E-state index in [0.29, 0.717) is 26.4 Å². The van der Waals surface area contributed by atoms with Gasteiger partial charge in [0, 0.05) is 59.3 Å². The van der Waals surface area contributed by atoms with Crippen molar-refractivity contribution in [1.29, 1.82) is 0 Å². The van der Waals surface area contributed by atoms with Crippen LogP contribution < -0.4 is 14.8 Å². The quantitative estimate of drug-likeness (QED) is 0.254. The first-order chi connectivity index (χ1) is 17.3. The molecular formula is C28H42N3O4S+. The molecule has 0 saturated heterocycles. The highest BCUT2D eigenvalue weighted by molar-refractivity contribution is 7.21. The van der Waals surface area contributed by atoms with Crippen LogP contribution in [0.3, 0.4) is 0 Å². The Hall–Kier alpha value is -2.10. The second kappa shape index (κ2) is 13.4. The maximum absolute atomic E-state index is 5.39. The van der Waals surface area contributed by atoms with E-state index in [0.717, 1.165) is 47.6 Å². The summed E-state index contributed by atoms with van der Waals surface area (Å²) in [5.74, 6) is 0. The van der Waals surface area contributed by atoms with E-state index in [-0.39, 0.29) is 5.41 Å². The number of hydrogen-bond donors (Lipinski definition) is 0. The summed E-state index contributed by atoms with van der Waals surface area (Å²) < 4.78 is 25.0. The van der Waals surface area contributed by atoms with Crippen molar-refractivity contribution >= 4 is 27.2 Å². The lowest BCUT2D eigenvalue weighted by Crippen LogP contribution is -2.35. The van der Waals surface area contributed by atoms with Gasteiger partial charge in [-0.3, -0.25) is 0 Å². The Labute approximate surface area is 219 Å². The molecule has 1 aliphatic heterocycles. The minimum absolute atomic E-state index is 0.0487. The first kappa shape index (κ1) is 28.5. The van der Waals surface area contributed by atoms with Crippen LogP contribution >= 0.6 is 11.3 Å². The zero-order valence-corrected chi connectivity index (χ0v) is 23.7. The van der Waals surface area contributed by atoms with Crippen molar-refractivity contribution in [1.82, 2.24) is 9.56 Å².